The van der Waals surface area contributed by atoms with E-state index in [0.29, 0.717) is 25.9 Å². The van der Waals surface area contributed by atoms with E-state index in [4.69, 9.17) is 0 Å². The van der Waals surface area contributed by atoms with Crippen LogP contribution in [-0.2, 0) is 15.0 Å². The minimum Gasteiger partial charge on any atom is -0.342 e. The number of carbonyl (C=O) groups excluding carboxylic acids is 1. The molecule has 0 aromatic carbocycles. The Kier molecular flexibility index (Phi) is 5.04. The van der Waals surface area contributed by atoms with Crippen LogP contribution in [0.1, 0.15) is 38.5 Å². The quantitative estimate of drug-likeness (QED) is 0.825. The van der Waals surface area contributed by atoms with E-state index in [1.165, 1.54) is 18.4 Å². The van der Waals surface area contributed by atoms with Crippen LogP contribution >= 0.6 is 0 Å². The molecule has 0 spiro atoms. The number of hydrogen-bond acceptors (Lipinski definition) is 3. The Bertz CT molecular complexity index is 436. The smallest absolute Gasteiger partial charge is 0.279 e. The van der Waals surface area contributed by atoms with E-state index < -0.39 is 10.2 Å². The van der Waals surface area contributed by atoms with Crippen LogP contribution in [0.5, 0.6) is 0 Å². The van der Waals surface area contributed by atoms with Gasteiger partial charge in [0.2, 0.25) is 5.91 Å². The second-order valence-corrected chi connectivity index (χ2v) is 7.90. The van der Waals surface area contributed by atoms with Gasteiger partial charge in [-0.1, -0.05) is 12.8 Å². The molecule has 2 rings (SSSR count). The minimum absolute atomic E-state index is 0.0602. The van der Waals surface area contributed by atoms with Gasteiger partial charge in [-0.15, -0.1) is 0 Å². The van der Waals surface area contributed by atoms with Crippen LogP contribution in [0.3, 0.4) is 0 Å². The first kappa shape index (κ1) is 15.7. The predicted octanol–water partition coefficient (Wildman–Crippen LogP) is 0.564. The Labute approximate surface area is 121 Å². The van der Waals surface area contributed by atoms with Crippen LogP contribution in [0.25, 0.3) is 0 Å². The molecule has 6 nitrogen and oxygen atoms in total. The van der Waals surface area contributed by atoms with Crippen molar-refractivity contribution in [3.05, 3.63) is 0 Å². The average molecular weight is 303 g/mol. The molecule has 1 saturated carbocycles. The summed E-state index contributed by atoms with van der Waals surface area (Å²) in [6.45, 7) is 1.33. The summed E-state index contributed by atoms with van der Waals surface area (Å²) < 4.78 is 27.4. The average Bonchev–Trinajstić information content (AvgIpc) is 2.92. The van der Waals surface area contributed by atoms with Crippen LogP contribution in [0.4, 0.5) is 0 Å². The molecule has 1 N–H and O–H groups in total. The third-order valence-corrected chi connectivity index (χ3v) is 5.90. The molecule has 7 heteroatoms. The lowest BCUT2D eigenvalue weighted by molar-refractivity contribution is -0.136. The van der Waals surface area contributed by atoms with Gasteiger partial charge in [-0.05, 0) is 25.7 Å². The molecule has 0 aromatic heterocycles. The fourth-order valence-electron chi connectivity index (χ4n) is 2.96. The summed E-state index contributed by atoms with van der Waals surface area (Å²) in [5.74, 6) is 0.487. The molecule has 2 fully saturated rings. The minimum atomic E-state index is -3.37. The van der Waals surface area contributed by atoms with E-state index in [2.05, 4.69) is 4.72 Å². The van der Waals surface area contributed by atoms with Gasteiger partial charge in [0.1, 0.15) is 0 Å². The fourth-order valence-corrected chi connectivity index (χ4v) is 3.83. The van der Waals surface area contributed by atoms with Gasteiger partial charge < -0.3 is 4.90 Å². The number of carbonyl (C=O) groups is 1. The lowest BCUT2D eigenvalue weighted by atomic mass is 10.0. The number of likely N-dealkylation sites (tertiary alicyclic amines) is 1. The molecular formula is C13H25N3O3S. The zero-order valence-electron chi connectivity index (χ0n) is 12.3. The molecular weight excluding hydrogens is 278 g/mol. The second kappa shape index (κ2) is 6.41. The highest BCUT2D eigenvalue weighted by Gasteiger charge is 2.31. The summed E-state index contributed by atoms with van der Waals surface area (Å²) in [6, 6.07) is -0.0602. The van der Waals surface area contributed by atoms with Crippen molar-refractivity contribution in [3.8, 4) is 0 Å². The number of amides is 1. The fraction of sp³-hybridized carbons (Fsp3) is 0.923. The van der Waals surface area contributed by atoms with Crippen molar-refractivity contribution in [3.63, 3.8) is 0 Å². The zero-order valence-corrected chi connectivity index (χ0v) is 13.2. The van der Waals surface area contributed by atoms with Crippen LogP contribution < -0.4 is 4.72 Å². The molecule has 116 valence electrons. The molecule has 0 unspecified atom stereocenters. The van der Waals surface area contributed by atoms with Crippen LogP contribution in [0, 0.1) is 5.92 Å². The van der Waals surface area contributed by atoms with Crippen molar-refractivity contribution in [1.29, 1.82) is 0 Å². The van der Waals surface area contributed by atoms with Crippen molar-refractivity contribution in [1.82, 2.24) is 13.9 Å². The number of hydrogen-bond donors (Lipinski definition) is 1. The highest BCUT2D eigenvalue weighted by Crippen LogP contribution is 2.27. The van der Waals surface area contributed by atoms with Gasteiger partial charge in [0.25, 0.3) is 10.2 Å². The normalized spacial score (nSPS) is 22.6. The Hall–Kier alpha value is -0.660. The van der Waals surface area contributed by atoms with Gasteiger partial charge in [0.15, 0.2) is 0 Å². The molecule has 1 amide bonds. The first-order chi connectivity index (χ1) is 9.40. The van der Waals surface area contributed by atoms with Crippen molar-refractivity contribution in [2.24, 2.45) is 5.92 Å². The summed E-state index contributed by atoms with van der Waals surface area (Å²) in [7, 11) is -0.341. The molecule has 1 aliphatic heterocycles. The molecule has 1 saturated heterocycles. The molecule has 2 aliphatic rings. The highest BCUT2D eigenvalue weighted by molar-refractivity contribution is 7.87. The second-order valence-electron chi connectivity index (χ2n) is 5.99. The lowest BCUT2D eigenvalue weighted by Gasteiger charge is -2.34. The maximum absolute atomic E-state index is 12.3. The number of piperidine rings is 1. The zero-order chi connectivity index (χ0) is 14.8. The predicted molar refractivity (Wildman–Crippen MR) is 77.3 cm³/mol. The molecule has 1 aliphatic carbocycles. The number of nitrogens with one attached hydrogen (secondary N) is 1. The summed E-state index contributed by atoms with van der Waals surface area (Å²) in [4.78, 5) is 14.2. The lowest BCUT2D eigenvalue weighted by Crippen LogP contribution is -2.49. The first-order valence-electron chi connectivity index (χ1n) is 7.38. The van der Waals surface area contributed by atoms with Gasteiger partial charge in [0.05, 0.1) is 0 Å². The Balaban J connectivity index is 1.82. The summed E-state index contributed by atoms with van der Waals surface area (Å²) in [6.07, 6.45) is 5.76. The number of rotatable bonds is 4. The molecule has 0 aromatic rings. The van der Waals surface area contributed by atoms with E-state index in [1.807, 2.05) is 4.90 Å². The van der Waals surface area contributed by atoms with Gasteiger partial charge in [-0.25, -0.2) is 0 Å². The summed E-state index contributed by atoms with van der Waals surface area (Å²) in [5.41, 5.74) is 0. The maximum Gasteiger partial charge on any atom is 0.279 e. The topological polar surface area (TPSA) is 69.7 Å². The molecule has 0 atom stereocenters. The third kappa shape index (κ3) is 3.71. The van der Waals surface area contributed by atoms with E-state index in [1.54, 1.807) is 0 Å². The van der Waals surface area contributed by atoms with E-state index in [9.17, 15) is 13.2 Å². The standard InChI is InChI=1S/C13H25N3O3S/c1-15(2)20(18,19)14-12-7-9-16(10-8-12)13(17)11-5-3-4-6-11/h11-12,14H,3-10H2,1-2H3. The van der Waals surface area contributed by atoms with Gasteiger partial charge in [-0.3, -0.25) is 4.79 Å². The third-order valence-electron chi connectivity index (χ3n) is 4.31. The van der Waals surface area contributed by atoms with Gasteiger partial charge in [-0.2, -0.15) is 17.4 Å². The van der Waals surface area contributed by atoms with Crippen LogP contribution in [0.15, 0.2) is 0 Å². The molecule has 0 radical (unpaired) electrons. The summed E-state index contributed by atoms with van der Waals surface area (Å²) >= 11 is 0. The summed E-state index contributed by atoms with van der Waals surface area (Å²) in [5, 5.41) is 0. The monoisotopic (exact) mass is 303 g/mol. The van der Waals surface area contributed by atoms with E-state index in [0.717, 1.165) is 25.7 Å². The first-order valence-corrected chi connectivity index (χ1v) is 8.83. The van der Waals surface area contributed by atoms with Crippen LogP contribution in [0.2, 0.25) is 0 Å². The largest absolute Gasteiger partial charge is 0.342 e. The Morgan fingerprint density at radius 1 is 1.10 bits per heavy atom. The number of nitrogens with zero attached hydrogens (tertiary/aromatic N) is 2. The molecule has 0 bridgehead atoms. The maximum atomic E-state index is 12.3. The Morgan fingerprint density at radius 3 is 2.15 bits per heavy atom. The Morgan fingerprint density at radius 2 is 1.65 bits per heavy atom. The molecule has 20 heavy (non-hydrogen) atoms. The van der Waals surface area contributed by atoms with Crippen molar-refractivity contribution in [2.45, 2.75) is 44.6 Å². The van der Waals surface area contributed by atoms with Crippen molar-refractivity contribution >= 4 is 16.1 Å². The SMILES string of the molecule is CN(C)S(=O)(=O)NC1CCN(C(=O)C2CCCC2)CC1. The van der Waals surface area contributed by atoms with Crippen molar-refractivity contribution < 1.29 is 13.2 Å². The van der Waals surface area contributed by atoms with Crippen LogP contribution in [-0.4, -0.2) is 56.8 Å². The van der Waals surface area contributed by atoms with Crippen molar-refractivity contribution in [2.75, 3.05) is 27.2 Å². The highest BCUT2D eigenvalue weighted by atomic mass is 32.2. The van der Waals surface area contributed by atoms with E-state index >= 15 is 0 Å². The molecule has 1 heterocycles. The van der Waals surface area contributed by atoms with Gasteiger partial charge in [0, 0.05) is 39.1 Å². The van der Waals surface area contributed by atoms with Gasteiger partial charge >= 0.3 is 0 Å². The van der Waals surface area contributed by atoms with E-state index in [-0.39, 0.29) is 17.9 Å².